The molecule has 1 atom stereocenters. The molecule has 1 heterocycles. The highest BCUT2D eigenvalue weighted by Gasteiger charge is 2.25. The van der Waals surface area contributed by atoms with Crippen LogP contribution in [0.5, 0.6) is 0 Å². The monoisotopic (exact) mass is 194 g/mol. The number of ether oxygens (including phenoxy) is 1. The first-order valence-corrected chi connectivity index (χ1v) is 5.69. The third-order valence-electron chi connectivity index (χ3n) is 3.16. The highest BCUT2D eigenvalue weighted by molar-refractivity contribution is 5.97. The van der Waals surface area contributed by atoms with Crippen molar-refractivity contribution in [3.63, 3.8) is 0 Å². The lowest BCUT2D eigenvalue weighted by molar-refractivity contribution is -0.119. The number of ketones is 1. The maximum atomic E-state index is 12.0. The van der Waals surface area contributed by atoms with Crippen molar-refractivity contribution in [3.8, 4) is 0 Å². The molecule has 0 radical (unpaired) electrons. The minimum Gasteiger partial charge on any atom is -0.381 e. The van der Waals surface area contributed by atoms with E-state index < -0.39 is 0 Å². The van der Waals surface area contributed by atoms with Gasteiger partial charge < -0.3 is 4.74 Å². The Morgan fingerprint density at radius 1 is 1.36 bits per heavy atom. The van der Waals surface area contributed by atoms with Crippen molar-refractivity contribution in [1.29, 1.82) is 0 Å². The molecular weight excluding hydrogens is 176 g/mol. The van der Waals surface area contributed by atoms with E-state index in [1.54, 1.807) is 0 Å². The standard InChI is InChI=1S/C12H18O2/c13-12(11-7-8-14-9-11)10-5-3-1-2-4-6-10/h5,11H,1-4,6-9H2. The molecule has 2 nitrogen and oxygen atoms in total. The summed E-state index contributed by atoms with van der Waals surface area (Å²) in [4.78, 5) is 12.0. The van der Waals surface area contributed by atoms with Gasteiger partial charge in [-0.2, -0.15) is 0 Å². The fraction of sp³-hybridized carbons (Fsp3) is 0.750. The van der Waals surface area contributed by atoms with Gasteiger partial charge in [0, 0.05) is 12.5 Å². The molecule has 0 aromatic rings. The zero-order valence-corrected chi connectivity index (χ0v) is 8.63. The summed E-state index contributed by atoms with van der Waals surface area (Å²) in [5.41, 5.74) is 1.08. The van der Waals surface area contributed by atoms with E-state index in [-0.39, 0.29) is 5.92 Å². The van der Waals surface area contributed by atoms with E-state index in [9.17, 15) is 4.79 Å². The third kappa shape index (κ3) is 2.24. The summed E-state index contributed by atoms with van der Waals surface area (Å²) < 4.78 is 5.25. The number of hydrogen-bond acceptors (Lipinski definition) is 2. The molecule has 14 heavy (non-hydrogen) atoms. The van der Waals surface area contributed by atoms with Crippen LogP contribution in [0.25, 0.3) is 0 Å². The van der Waals surface area contributed by atoms with Crippen LogP contribution in [0, 0.1) is 5.92 Å². The van der Waals surface area contributed by atoms with Gasteiger partial charge >= 0.3 is 0 Å². The van der Waals surface area contributed by atoms with Crippen molar-refractivity contribution < 1.29 is 9.53 Å². The number of carbonyl (C=O) groups excluding carboxylic acids is 1. The summed E-state index contributed by atoms with van der Waals surface area (Å²) in [6.45, 7) is 1.42. The second-order valence-corrected chi connectivity index (χ2v) is 4.25. The largest absolute Gasteiger partial charge is 0.381 e. The molecule has 0 N–H and O–H groups in total. The van der Waals surface area contributed by atoms with Crippen molar-refractivity contribution in [2.24, 2.45) is 5.92 Å². The van der Waals surface area contributed by atoms with Gasteiger partial charge in [0.05, 0.1) is 6.61 Å². The topological polar surface area (TPSA) is 26.3 Å². The summed E-state index contributed by atoms with van der Waals surface area (Å²) in [6, 6.07) is 0. The van der Waals surface area contributed by atoms with E-state index in [0.717, 1.165) is 31.4 Å². The first-order chi connectivity index (χ1) is 6.88. The summed E-state index contributed by atoms with van der Waals surface area (Å²) in [7, 11) is 0. The van der Waals surface area contributed by atoms with Crippen LogP contribution in [-0.2, 0) is 9.53 Å². The van der Waals surface area contributed by atoms with Crippen LogP contribution in [0.1, 0.15) is 38.5 Å². The van der Waals surface area contributed by atoms with Gasteiger partial charge in [0.2, 0.25) is 0 Å². The van der Waals surface area contributed by atoms with Gasteiger partial charge in [0.15, 0.2) is 5.78 Å². The van der Waals surface area contributed by atoms with Gasteiger partial charge in [-0.15, -0.1) is 0 Å². The smallest absolute Gasteiger partial charge is 0.164 e. The molecule has 1 aliphatic carbocycles. The molecule has 1 fully saturated rings. The van der Waals surface area contributed by atoms with Crippen LogP contribution in [0.3, 0.4) is 0 Å². The lowest BCUT2D eigenvalue weighted by Crippen LogP contribution is -2.16. The molecule has 0 saturated carbocycles. The molecule has 0 aromatic carbocycles. The molecule has 2 heteroatoms. The van der Waals surface area contributed by atoms with Crippen LogP contribution in [-0.4, -0.2) is 19.0 Å². The van der Waals surface area contributed by atoms with Crippen molar-refractivity contribution in [1.82, 2.24) is 0 Å². The quantitative estimate of drug-likeness (QED) is 0.675. The van der Waals surface area contributed by atoms with Crippen molar-refractivity contribution in [2.45, 2.75) is 38.5 Å². The first kappa shape index (κ1) is 9.91. The van der Waals surface area contributed by atoms with Crippen LogP contribution in [0.15, 0.2) is 11.6 Å². The summed E-state index contributed by atoms with van der Waals surface area (Å²) in [5.74, 6) is 0.531. The Hall–Kier alpha value is -0.630. The Labute approximate surface area is 85.3 Å². The summed E-state index contributed by atoms with van der Waals surface area (Å²) in [5, 5.41) is 0. The van der Waals surface area contributed by atoms with Crippen molar-refractivity contribution in [3.05, 3.63) is 11.6 Å². The number of hydrogen-bond donors (Lipinski definition) is 0. The van der Waals surface area contributed by atoms with Gasteiger partial charge in [-0.25, -0.2) is 0 Å². The predicted octanol–water partition coefficient (Wildman–Crippen LogP) is 2.48. The predicted molar refractivity (Wildman–Crippen MR) is 55.1 cm³/mol. The number of Topliss-reactive ketones (excluding diaryl/α,β-unsaturated/α-hetero) is 1. The molecule has 1 saturated heterocycles. The van der Waals surface area contributed by atoms with Gasteiger partial charge in [0.1, 0.15) is 0 Å². The van der Waals surface area contributed by atoms with Crippen LogP contribution < -0.4 is 0 Å². The molecule has 2 aliphatic rings. The molecule has 2 rings (SSSR count). The fourth-order valence-electron chi connectivity index (χ4n) is 2.24. The molecule has 0 aromatic heterocycles. The molecule has 0 amide bonds. The highest BCUT2D eigenvalue weighted by Crippen LogP contribution is 2.24. The Kier molecular flexibility index (Phi) is 3.35. The van der Waals surface area contributed by atoms with Gasteiger partial charge in [-0.05, 0) is 37.7 Å². The number of carbonyl (C=O) groups is 1. The SMILES string of the molecule is O=C(C1=CCCCCC1)C1CCOC1. The maximum Gasteiger partial charge on any atom is 0.164 e. The molecule has 1 aliphatic heterocycles. The summed E-state index contributed by atoms with van der Waals surface area (Å²) >= 11 is 0. The van der Waals surface area contributed by atoms with E-state index in [2.05, 4.69) is 6.08 Å². The Balaban J connectivity index is 1.97. The van der Waals surface area contributed by atoms with Crippen LogP contribution in [0.2, 0.25) is 0 Å². The second kappa shape index (κ2) is 4.74. The van der Waals surface area contributed by atoms with Gasteiger partial charge in [-0.3, -0.25) is 4.79 Å². The maximum absolute atomic E-state index is 12.0. The van der Waals surface area contributed by atoms with Crippen LogP contribution in [0.4, 0.5) is 0 Å². The van der Waals surface area contributed by atoms with E-state index in [1.807, 2.05) is 0 Å². The van der Waals surface area contributed by atoms with E-state index in [0.29, 0.717) is 12.4 Å². The lowest BCUT2D eigenvalue weighted by atomic mass is 9.94. The van der Waals surface area contributed by atoms with E-state index in [4.69, 9.17) is 4.74 Å². The van der Waals surface area contributed by atoms with Crippen LogP contribution >= 0.6 is 0 Å². The van der Waals surface area contributed by atoms with E-state index in [1.165, 1.54) is 19.3 Å². The fourth-order valence-corrected chi connectivity index (χ4v) is 2.24. The lowest BCUT2D eigenvalue weighted by Gasteiger charge is -2.08. The zero-order chi connectivity index (χ0) is 9.80. The molecule has 0 spiro atoms. The van der Waals surface area contributed by atoms with Crippen molar-refractivity contribution >= 4 is 5.78 Å². The van der Waals surface area contributed by atoms with Gasteiger partial charge in [-0.1, -0.05) is 12.5 Å². The second-order valence-electron chi connectivity index (χ2n) is 4.25. The average molecular weight is 194 g/mol. The minimum absolute atomic E-state index is 0.166. The normalized spacial score (nSPS) is 28.3. The van der Waals surface area contributed by atoms with Gasteiger partial charge in [0.25, 0.3) is 0 Å². The highest BCUT2D eigenvalue weighted by atomic mass is 16.5. The first-order valence-electron chi connectivity index (χ1n) is 5.69. The zero-order valence-electron chi connectivity index (χ0n) is 8.63. The van der Waals surface area contributed by atoms with E-state index >= 15 is 0 Å². The molecular formula is C12H18O2. The minimum atomic E-state index is 0.166. The molecule has 0 bridgehead atoms. The molecule has 78 valence electrons. The summed E-state index contributed by atoms with van der Waals surface area (Å²) in [6.07, 6.45) is 8.88. The Morgan fingerprint density at radius 2 is 2.29 bits per heavy atom. The average Bonchev–Trinajstić information content (AvgIpc) is 2.59. The number of allylic oxidation sites excluding steroid dienone is 2. The molecule has 1 unspecified atom stereocenters. The Morgan fingerprint density at radius 3 is 3.07 bits per heavy atom. The third-order valence-corrected chi connectivity index (χ3v) is 3.16. The number of rotatable bonds is 2. The van der Waals surface area contributed by atoms with Crippen molar-refractivity contribution in [2.75, 3.05) is 13.2 Å². The Bertz CT molecular complexity index is 237.